The number of piperidine rings is 1. The minimum atomic E-state index is -1.21. The third kappa shape index (κ3) is 3.50. The van der Waals surface area contributed by atoms with Crippen LogP contribution < -0.4 is 5.73 Å². The molecule has 5 nitrogen and oxygen atoms in total. The second-order valence-corrected chi connectivity index (χ2v) is 6.18. The highest BCUT2D eigenvalue weighted by Gasteiger charge is 2.31. The Morgan fingerprint density at radius 3 is 2.27 bits per heavy atom. The summed E-state index contributed by atoms with van der Waals surface area (Å²) in [5.74, 6) is -4.59. The van der Waals surface area contributed by atoms with Crippen molar-refractivity contribution in [2.75, 3.05) is 13.1 Å². The molecule has 0 aliphatic carbocycles. The molecule has 1 aromatic heterocycles. The Hall–Kier alpha value is -2.61. The van der Waals surface area contributed by atoms with Gasteiger partial charge in [0.1, 0.15) is 29.5 Å². The van der Waals surface area contributed by atoms with Crippen LogP contribution in [0.15, 0.2) is 28.9 Å². The normalized spacial score (nSPS) is 15.3. The maximum atomic E-state index is 13.8. The largest absolute Gasteiger partial charge is 0.467 e. The van der Waals surface area contributed by atoms with E-state index in [1.807, 2.05) is 0 Å². The van der Waals surface area contributed by atoms with Gasteiger partial charge in [-0.05, 0) is 18.9 Å². The SMILES string of the molecule is NCc1cc(C(=O)N2CCC(C(=O)c3c(F)cc(F)cc3F)CC2)co1. The molecule has 138 valence electrons. The van der Waals surface area contributed by atoms with Crippen molar-refractivity contribution in [2.24, 2.45) is 11.7 Å². The van der Waals surface area contributed by atoms with E-state index in [0.717, 1.165) is 0 Å². The van der Waals surface area contributed by atoms with E-state index in [9.17, 15) is 22.8 Å². The molecule has 2 heterocycles. The van der Waals surface area contributed by atoms with E-state index < -0.39 is 34.7 Å². The number of amides is 1. The van der Waals surface area contributed by atoms with Gasteiger partial charge < -0.3 is 15.1 Å². The fourth-order valence-corrected chi connectivity index (χ4v) is 3.11. The van der Waals surface area contributed by atoms with Crippen molar-refractivity contribution >= 4 is 11.7 Å². The molecule has 1 aliphatic heterocycles. The van der Waals surface area contributed by atoms with Crippen LogP contribution in [0.3, 0.4) is 0 Å². The summed E-state index contributed by atoms with van der Waals surface area (Å²) in [6, 6.07) is 2.54. The molecule has 2 N–H and O–H groups in total. The maximum absolute atomic E-state index is 13.8. The van der Waals surface area contributed by atoms with Crippen LogP contribution in [0, 0.1) is 23.4 Å². The quantitative estimate of drug-likeness (QED) is 0.844. The molecule has 2 aromatic rings. The predicted octanol–water partition coefficient (Wildman–Crippen LogP) is 2.89. The molecule has 26 heavy (non-hydrogen) atoms. The van der Waals surface area contributed by atoms with E-state index in [1.54, 1.807) is 11.0 Å². The van der Waals surface area contributed by atoms with E-state index in [4.69, 9.17) is 10.2 Å². The van der Waals surface area contributed by atoms with Crippen LogP contribution in [0.25, 0.3) is 0 Å². The van der Waals surface area contributed by atoms with Gasteiger partial charge in [0.25, 0.3) is 5.91 Å². The summed E-state index contributed by atoms with van der Waals surface area (Å²) >= 11 is 0. The molecule has 1 amide bonds. The Morgan fingerprint density at radius 1 is 1.12 bits per heavy atom. The summed E-state index contributed by atoms with van der Waals surface area (Å²) < 4.78 is 45.7. The maximum Gasteiger partial charge on any atom is 0.257 e. The number of nitrogens with two attached hydrogens (primary N) is 1. The van der Waals surface area contributed by atoms with Crippen LogP contribution in [-0.2, 0) is 6.54 Å². The number of hydrogen-bond donors (Lipinski definition) is 1. The minimum Gasteiger partial charge on any atom is -0.467 e. The second kappa shape index (κ2) is 7.33. The van der Waals surface area contributed by atoms with E-state index in [2.05, 4.69) is 0 Å². The van der Waals surface area contributed by atoms with Crippen molar-refractivity contribution in [3.63, 3.8) is 0 Å². The van der Waals surface area contributed by atoms with Gasteiger partial charge in [-0.15, -0.1) is 0 Å². The molecular formula is C18H17F3N2O3. The van der Waals surface area contributed by atoms with Crippen molar-refractivity contribution in [1.82, 2.24) is 4.90 Å². The van der Waals surface area contributed by atoms with Crippen LogP contribution in [-0.4, -0.2) is 29.7 Å². The first-order valence-electron chi connectivity index (χ1n) is 8.16. The van der Waals surface area contributed by atoms with E-state index >= 15 is 0 Å². The number of Topliss-reactive ketones (excluding diaryl/α,β-unsaturated/α-hetero) is 1. The Labute approximate surface area is 147 Å². The number of benzene rings is 1. The van der Waals surface area contributed by atoms with Gasteiger partial charge in [-0.3, -0.25) is 9.59 Å². The van der Waals surface area contributed by atoms with Crippen LogP contribution in [0.4, 0.5) is 13.2 Å². The fraction of sp³-hybridized carbons (Fsp3) is 0.333. The average molecular weight is 366 g/mol. The molecule has 8 heteroatoms. The van der Waals surface area contributed by atoms with Crippen LogP contribution in [0.2, 0.25) is 0 Å². The van der Waals surface area contributed by atoms with Crippen LogP contribution in [0.1, 0.15) is 39.3 Å². The van der Waals surface area contributed by atoms with Crippen LogP contribution in [0.5, 0.6) is 0 Å². The zero-order chi connectivity index (χ0) is 18.8. The molecule has 1 aliphatic rings. The number of halogens is 3. The number of ketones is 1. The third-order valence-corrected chi connectivity index (χ3v) is 4.51. The highest BCUT2D eigenvalue weighted by Crippen LogP contribution is 2.26. The zero-order valence-electron chi connectivity index (χ0n) is 13.8. The summed E-state index contributed by atoms with van der Waals surface area (Å²) in [5, 5.41) is 0. The second-order valence-electron chi connectivity index (χ2n) is 6.18. The first kappa shape index (κ1) is 18.2. The molecule has 0 saturated carbocycles. The Kier molecular flexibility index (Phi) is 5.13. The van der Waals surface area contributed by atoms with Crippen LogP contribution >= 0.6 is 0 Å². The number of furan rings is 1. The molecular weight excluding hydrogens is 349 g/mol. The molecule has 0 unspecified atom stereocenters. The standard InChI is InChI=1S/C18H17F3N2O3/c19-12-6-14(20)16(15(21)7-12)17(24)10-1-3-23(4-2-10)18(25)11-5-13(8-22)26-9-11/h5-7,9-10H,1-4,8,22H2. The Balaban J connectivity index is 1.67. The first-order chi connectivity index (χ1) is 12.4. The predicted molar refractivity (Wildman–Crippen MR) is 85.9 cm³/mol. The molecule has 0 radical (unpaired) electrons. The number of nitrogens with zero attached hydrogens (tertiary/aromatic N) is 1. The van der Waals surface area contributed by atoms with Crippen molar-refractivity contribution in [2.45, 2.75) is 19.4 Å². The highest BCUT2D eigenvalue weighted by molar-refractivity contribution is 5.99. The lowest BCUT2D eigenvalue weighted by Crippen LogP contribution is -2.40. The van der Waals surface area contributed by atoms with E-state index in [1.165, 1.54) is 6.26 Å². The minimum absolute atomic E-state index is 0.179. The van der Waals surface area contributed by atoms with Crippen molar-refractivity contribution in [3.05, 3.63) is 58.8 Å². The van der Waals surface area contributed by atoms with Gasteiger partial charge >= 0.3 is 0 Å². The number of hydrogen-bond acceptors (Lipinski definition) is 4. The van der Waals surface area contributed by atoms with Gasteiger partial charge in [0, 0.05) is 31.1 Å². The monoisotopic (exact) mass is 366 g/mol. The smallest absolute Gasteiger partial charge is 0.257 e. The summed E-state index contributed by atoms with van der Waals surface area (Å²) in [6.45, 7) is 0.713. The lowest BCUT2D eigenvalue weighted by Gasteiger charge is -2.31. The van der Waals surface area contributed by atoms with Gasteiger partial charge in [0.05, 0.1) is 17.7 Å². The summed E-state index contributed by atoms with van der Waals surface area (Å²) in [6.07, 6.45) is 1.86. The van der Waals surface area contributed by atoms with Gasteiger partial charge in [0.2, 0.25) is 0 Å². The van der Waals surface area contributed by atoms with E-state index in [0.29, 0.717) is 23.5 Å². The molecule has 1 fully saturated rings. The van der Waals surface area contributed by atoms with Crippen molar-refractivity contribution < 1.29 is 27.2 Å². The average Bonchev–Trinajstić information content (AvgIpc) is 3.09. The fourth-order valence-electron chi connectivity index (χ4n) is 3.11. The van der Waals surface area contributed by atoms with Gasteiger partial charge in [-0.1, -0.05) is 0 Å². The van der Waals surface area contributed by atoms with E-state index in [-0.39, 0.29) is 38.4 Å². The Morgan fingerprint density at radius 2 is 1.73 bits per heavy atom. The topological polar surface area (TPSA) is 76.5 Å². The molecule has 0 atom stereocenters. The molecule has 0 bridgehead atoms. The molecule has 1 saturated heterocycles. The lowest BCUT2D eigenvalue weighted by atomic mass is 9.88. The molecule has 0 spiro atoms. The van der Waals surface area contributed by atoms with Gasteiger partial charge in [-0.2, -0.15) is 0 Å². The Bertz CT molecular complexity index is 819. The first-order valence-corrected chi connectivity index (χ1v) is 8.16. The third-order valence-electron chi connectivity index (χ3n) is 4.51. The number of carbonyl (C=O) groups excluding carboxylic acids is 2. The molecule has 1 aromatic carbocycles. The zero-order valence-corrected chi connectivity index (χ0v) is 13.8. The number of carbonyl (C=O) groups is 2. The number of rotatable bonds is 4. The summed E-state index contributed by atoms with van der Waals surface area (Å²) in [7, 11) is 0. The van der Waals surface area contributed by atoms with Gasteiger partial charge in [0.15, 0.2) is 5.78 Å². The summed E-state index contributed by atoms with van der Waals surface area (Å²) in [4.78, 5) is 26.4. The highest BCUT2D eigenvalue weighted by atomic mass is 19.1. The van der Waals surface area contributed by atoms with Crippen molar-refractivity contribution in [1.29, 1.82) is 0 Å². The number of likely N-dealkylation sites (tertiary alicyclic amines) is 1. The summed E-state index contributed by atoms with van der Waals surface area (Å²) in [5.41, 5.74) is 5.08. The van der Waals surface area contributed by atoms with Gasteiger partial charge in [-0.25, -0.2) is 13.2 Å². The van der Waals surface area contributed by atoms with Crippen molar-refractivity contribution in [3.8, 4) is 0 Å². The lowest BCUT2D eigenvalue weighted by molar-refractivity contribution is 0.0647. The molecule has 3 rings (SSSR count).